The molecule has 2 rings (SSSR count). The van der Waals surface area contributed by atoms with Crippen molar-refractivity contribution in [3.8, 4) is 0 Å². The highest BCUT2D eigenvalue weighted by molar-refractivity contribution is 5.83. The van der Waals surface area contributed by atoms with Crippen LogP contribution in [0.4, 0.5) is 0 Å². The van der Waals surface area contributed by atoms with Gasteiger partial charge >= 0.3 is 0 Å². The average Bonchev–Trinajstić information content (AvgIpc) is 2.69. The van der Waals surface area contributed by atoms with E-state index in [1.54, 1.807) is 0 Å². The first-order chi connectivity index (χ1) is 8.69. The Balaban J connectivity index is 2.63. The maximum atomic E-state index is 11.6. The first-order valence-corrected chi connectivity index (χ1v) is 6.44. The highest BCUT2D eigenvalue weighted by Crippen LogP contribution is 2.23. The predicted octanol–water partition coefficient (Wildman–Crippen LogP) is 2.43. The molecule has 1 aromatic heterocycles. The van der Waals surface area contributed by atoms with Crippen LogP contribution < -0.4 is 5.73 Å². The zero-order chi connectivity index (χ0) is 13.1. The van der Waals surface area contributed by atoms with Crippen LogP contribution in [0.25, 0.3) is 11.0 Å². The summed E-state index contributed by atoms with van der Waals surface area (Å²) in [5.74, 6) is 0.655. The number of fused-ring (bicyclic) bond motifs is 1. The molecule has 2 aromatic rings. The van der Waals surface area contributed by atoms with Crippen molar-refractivity contribution in [1.29, 1.82) is 0 Å². The molecule has 1 unspecified atom stereocenters. The Morgan fingerprint density at radius 1 is 1.39 bits per heavy atom. The van der Waals surface area contributed by atoms with Gasteiger partial charge in [-0.2, -0.15) is 0 Å². The van der Waals surface area contributed by atoms with E-state index < -0.39 is 0 Å². The highest BCUT2D eigenvalue weighted by Gasteiger charge is 2.21. The van der Waals surface area contributed by atoms with Gasteiger partial charge in [0.15, 0.2) is 0 Å². The molecule has 0 saturated carbocycles. The van der Waals surface area contributed by atoms with Gasteiger partial charge in [0.05, 0.1) is 11.0 Å². The molecule has 0 aliphatic rings. The zero-order valence-electron chi connectivity index (χ0n) is 10.9. The monoisotopic (exact) mass is 245 g/mol. The minimum absolute atomic E-state index is 0.294. The van der Waals surface area contributed by atoms with Gasteiger partial charge in [-0.05, 0) is 25.0 Å². The fourth-order valence-corrected chi connectivity index (χ4v) is 2.35. The molecule has 1 atom stereocenters. The Morgan fingerprint density at radius 2 is 2.11 bits per heavy atom. The van der Waals surface area contributed by atoms with Gasteiger partial charge in [0.2, 0.25) is 5.91 Å². The lowest BCUT2D eigenvalue weighted by Gasteiger charge is -2.17. The lowest BCUT2D eigenvalue weighted by atomic mass is 10.2. The number of para-hydroxylation sites is 2. The lowest BCUT2D eigenvalue weighted by molar-refractivity contribution is -0.121. The number of nitrogens with two attached hydrogens (primary N) is 1. The van der Waals surface area contributed by atoms with Crippen LogP contribution in [0.5, 0.6) is 0 Å². The third-order valence-electron chi connectivity index (χ3n) is 3.17. The zero-order valence-corrected chi connectivity index (χ0v) is 10.9. The SMILES string of the molecule is CCCc1nc2ccccc2n1C(CC)C(N)=O. The van der Waals surface area contributed by atoms with Crippen molar-refractivity contribution in [3.05, 3.63) is 30.1 Å². The maximum Gasteiger partial charge on any atom is 0.240 e. The Kier molecular flexibility index (Phi) is 3.65. The van der Waals surface area contributed by atoms with Gasteiger partial charge in [0.1, 0.15) is 11.9 Å². The summed E-state index contributed by atoms with van der Waals surface area (Å²) >= 11 is 0. The Morgan fingerprint density at radius 3 is 2.72 bits per heavy atom. The number of aryl methyl sites for hydroxylation is 1. The smallest absolute Gasteiger partial charge is 0.240 e. The summed E-state index contributed by atoms with van der Waals surface area (Å²) in [4.78, 5) is 16.2. The van der Waals surface area contributed by atoms with Crippen LogP contribution in [0.3, 0.4) is 0 Å². The van der Waals surface area contributed by atoms with Crippen molar-refractivity contribution in [1.82, 2.24) is 9.55 Å². The number of rotatable bonds is 5. The molecule has 1 amide bonds. The van der Waals surface area contributed by atoms with Crippen LogP contribution in [0.15, 0.2) is 24.3 Å². The average molecular weight is 245 g/mol. The normalized spacial score (nSPS) is 12.8. The molecule has 0 spiro atoms. The number of hydrogen-bond acceptors (Lipinski definition) is 2. The number of carbonyl (C=O) groups is 1. The second-order valence-corrected chi connectivity index (χ2v) is 4.46. The van der Waals surface area contributed by atoms with Gasteiger partial charge in [-0.3, -0.25) is 4.79 Å². The number of amides is 1. The van der Waals surface area contributed by atoms with Crippen molar-refractivity contribution in [2.75, 3.05) is 0 Å². The fraction of sp³-hybridized carbons (Fsp3) is 0.429. The topological polar surface area (TPSA) is 60.9 Å². The quantitative estimate of drug-likeness (QED) is 0.879. The molecule has 0 fully saturated rings. The molecular weight excluding hydrogens is 226 g/mol. The number of primary amides is 1. The van der Waals surface area contributed by atoms with E-state index >= 15 is 0 Å². The van der Waals surface area contributed by atoms with Crippen LogP contribution >= 0.6 is 0 Å². The van der Waals surface area contributed by atoms with Crippen LogP contribution in [-0.4, -0.2) is 15.5 Å². The number of carbonyl (C=O) groups excluding carboxylic acids is 1. The van der Waals surface area contributed by atoms with Crippen molar-refractivity contribution in [3.63, 3.8) is 0 Å². The van der Waals surface area contributed by atoms with Crippen LogP contribution in [0.1, 0.15) is 38.6 Å². The largest absolute Gasteiger partial charge is 0.368 e. The van der Waals surface area contributed by atoms with E-state index in [0.29, 0.717) is 6.42 Å². The van der Waals surface area contributed by atoms with Crippen molar-refractivity contribution < 1.29 is 4.79 Å². The maximum absolute atomic E-state index is 11.6. The second-order valence-electron chi connectivity index (χ2n) is 4.46. The minimum atomic E-state index is -0.307. The molecular formula is C14H19N3O. The molecule has 1 heterocycles. The molecule has 0 bridgehead atoms. The standard InChI is InChI=1S/C14H19N3O/c1-3-7-13-16-10-8-5-6-9-12(10)17(13)11(4-2)14(15)18/h5-6,8-9,11H,3-4,7H2,1-2H3,(H2,15,18). The van der Waals surface area contributed by atoms with Gasteiger partial charge in [0, 0.05) is 6.42 Å². The highest BCUT2D eigenvalue weighted by atomic mass is 16.1. The fourth-order valence-electron chi connectivity index (χ4n) is 2.35. The Bertz CT molecular complexity index is 559. The second kappa shape index (κ2) is 5.21. The number of benzene rings is 1. The van der Waals surface area contributed by atoms with E-state index in [1.165, 1.54) is 0 Å². The predicted molar refractivity (Wildman–Crippen MR) is 72.3 cm³/mol. The number of nitrogens with zero attached hydrogens (tertiary/aromatic N) is 2. The van der Waals surface area contributed by atoms with Gasteiger partial charge in [0.25, 0.3) is 0 Å². The summed E-state index contributed by atoms with van der Waals surface area (Å²) in [5, 5.41) is 0. The van der Waals surface area contributed by atoms with Gasteiger partial charge in [-0.15, -0.1) is 0 Å². The van der Waals surface area contributed by atoms with E-state index in [-0.39, 0.29) is 11.9 Å². The minimum Gasteiger partial charge on any atom is -0.368 e. The number of imidazole rings is 1. The molecule has 0 saturated heterocycles. The Hall–Kier alpha value is -1.84. The third-order valence-corrected chi connectivity index (χ3v) is 3.17. The van der Waals surface area contributed by atoms with Crippen LogP contribution in [0, 0.1) is 0 Å². The number of aromatic nitrogens is 2. The molecule has 0 aliphatic carbocycles. The van der Waals surface area contributed by atoms with E-state index in [2.05, 4.69) is 11.9 Å². The van der Waals surface area contributed by atoms with E-state index in [0.717, 1.165) is 29.7 Å². The van der Waals surface area contributed by atoms with Gasteiger partial charge in [-0.1, -0.05) is 26.0 Å². The summed E-state index contributed by atoms with van der Waals surface area (Å²) in [6, 6.07) is 7.58. The van der Waals surface area contributed by atoms with Crippen molar-refractivity contribution in [2.45, 2.75) is 39.2 Å². The Labute approximate surface area is 107 Å². The summed E-state index contributed by atoms with van der Waals surface area (Å²) in [5.41, 5.74) is 7.43. The van der Waals surface area contributed by atoms with Crippen LogP contribution in [-0.2, 0) is 11.2 Å². The summed E-state index contributed by atoms with van der Waals surface area (Å²) < 4.78 is 2.00. The first kappa shape index (κ1) is 12.6. The lowest BCUT2D eigenvalue weighted by Crippen LogP contribution is -2.27. The summed E-state index contributed by atoms with van der Waals surface area (Å²) in [7, 11) is 0. The molecule has 2 N–H and O–H groups in total. The summed E-state index contributed by atoms with van der Waals surface area (Å²) in [6.07, 6.45) is 2.55. The van der Waals surface area contributed by atoms with E-state index in [4.69, 9.17) is 5.73 Å². The first-order valence-electron chi connectivity index (χ1n) is 6.44. The molecule has 4 nitrogen and oxygen atoms in total. The molecule has 18 heavy (non-hydrogen) atoms. The molecule has 96 valence electrons. The van der Waals surface area contributed by atoms with E-state index in [9.17, 15) is 4.79 Å². The van der Waals surface area contributed by atoms with Crippen molar-refractivity contribution in [2.24, 2.45) is 5.73 Å². The molecule has 4 heteroatoms. The molecule has 0 aliphatic heterocycles. The third kappa shape index (κ3) is 2.10. The molecule has 1 aromatic carbocycles. The van der Waals surface area contributed by atoms with Crippen LogP contribution in [0.2, 0.25) is 0 Å². The molecule has 0 radical (unpaired) electrons. The van der Waals surface area contributed by atoms with Gasteiger partial charge in [-0.25, -0.2) is 4.98 Å². The number of hydrogen-bond donors (Lipinski definition) is 1. The van der Waals surface area contributed by atoms with Gasteiger partial charge < -0.3 is 10.3 Å². The summed E-state index contributed by atoms with van der Waals surface area (Å²) in [6.45, 7) is 4.08. The van der Waals surface area contributed by atoms with E-state index in [1.807, 2.05) is 35.8 Å². The van der Waals surface area contributed by atoms with Crippen molar-refractivity contribution >= 4 is 16.9 Å².